The molecule has 42 heavy (non-hydrogen) atoms. The van der Waals surface area contributed by atoms with E-state index in [1.54, 1.807) is 13.2 Å². The SMILES string of the molecule is COC(c1cnn(C2CCN(C(=O)C3(C)CCC3)CC2)c1)c1ccc2c3c(cccc13)C(=O)N2C1CCC(=O)NC1=O. The molecule has 1 N–H and O–H groups in total. The number of anilines is 1. The van der Waals surface area contributed by atoms with E-state index in [1.165, 1.54) is 4.90 Å². The van der Waals surface area contributed by atoms with E-state index in [-0.39, 0.29) is 29.7 Å². The van der Waals surface area contributed by atoms with Crippen molar-refractivity contribution in [3.05, 3.63) is 59.4 Å². The Morgan fingerprint density at radius 2 is 1.88 bits per heavy atom. The number of piperidine rings is 2. The van der Waals surface area contributed by atoms with Crippen LogP contribution in [0.3, 0.4) is 0 Å². The van der Waals surface area contributed by atoms with Gasteiger partial charge < -0.3 is 9.64 Å². The Kier molecular flexibility index (Phi) is 6.42. The van der Waals surface area contributed by atoms with Crippen LogP contribution in [0, 0.1) is 5.41 Å². The summed E-state index contributed by atoms with van der Waals surface area (Å²) in [6, 6.07) is 8.92. The molecule has 4 heterocycles. The predicted octanol–water partition coefficient (Wildman–Crippen LogP) is 3.89. The van der Waals surface area contributed by atoms with Gasteiger partial charge in [0.2, 0.25) is 17.7 Å². The molecule has 1 aromatic heterocycles. The number of hydrogen-bond acceptors (Lipinski definition) is 6. The van der Waals surface area contributed by atoms with E-state index in [9.17, 15) is 19.2 Å². The molecule has 218 valence electrons. The third kappa shape index (κ3) is 4.14. The highest BCUT2D eigenvalue weighted by Gasteiger charge is 2.43. The van der Waals surface area contributed by atoms with E-state index in [0.717, 1.165) is 67.1 Å². The fourth-order valence-corrected chi connectivity index (χ4v) is 7.26. The molecule has 4 amide bonds. The fourth-order valence-electron chi connectivity index (χ4n) is 7.26. The van der Waals surface area contributed by atoms with E-state index < -0.39 is 18.1 Å². The molecular formula is C32H35N5O5. The molecule has 0 radical (unpaired) electrons. The van der Waals surface area contributed by atoms with E-state index in [1.807, 2.05) is 46.2 Å². The van der Waals surface area contributed by atoms with Gasteiger partial charge in [-0.15, -0.1) is 0 Å². The maximum Gasteiger partial charge on any atom is 0.259 e. The lowest BCUT2D eigenvalue weighted by Crippen LogP contribution is -2.53. The minimum absolute atomic E-state index is 0.166. The average molecular weight is 570 g/mol. The first kappa shape index (κ1) is 26.8. The van der Waals surface area contributed by atoms with E-state index in [4.69, 9.17) is 9.84 Å². The summed E-state index contributed by atoms with van der Waals surface area (Å²) < 4.78 is 8.03. The van der Waals surface area contributed by atoms with Crippen molar-refractivity contribution in [2.24, 2.45) is 5.41 Å². The first-order valence-electron chi connectivity index (χ1n) is 14.9. The third-order valence-electron chi connectivity index (χ3n) is 9.82. The summed E-state index contributed by atoms with van der Waals surface area (Å²) in [5.74, 6) is -0.694. The quantitative estimate of drug-likeness (QED) is 0.451. The second kappa shape index (κ2) is 10.0. The highest BCUT2D eigenvalue weighted by Crippen LogP contribution is 2.44. The normalized spacial score (nSPS) is 22.8. The Balaban J connectivity index is 1.14. The van der Waals surface area contributed by atoms with Gasteiger partial charge in [0.05, 0.1) is 17.9 Å². The van der Waals surface area contributed by atoms with Gasteiger partial charge in [0.1, 0.15) is 12.1 Å². The number of nitrogens with one attached hydrogen (secondary N) is 1. The fraction of sp³-hybridized carbons (Fsp3) is 0.469. The van der Waals surface area contributed by atoms with Gasteiger partial charge >= 0.3 is 0 Å². The summed E-state index contributed by atoms with van der Waals surface area (Å²) in [6.45, 7) is 3.58. The largest absolute Gasteiger partial charge is 0.372 e. The monoisotopic (exact) mass is 569 g/mol. The average Bonchev–Trinajstić information content (AvgIpc) is 3.57. The first-order valence-corrected chi connectivity index (χ1v) is 14.9. The lowest BCUT2D eigenvalue weighted by Gasteiger charge is -2.43. The molecule has 10 heteroatoms. The zero-order valence-corrected chi connectivity index (χ0v) is 24.0. The van der Waals surface area contributed by atoms with Crippen molar-refractivity contribution in [1.82, 2.24) is 20.0 Å². The van der Waals surface area contributed by atoms with Crippen LogP contribution in [0.4, 0.5) is 5.69 Å². The van der Waals surface area contributed by atoms with Crippen LogP contribution in [0.2, 0.25) is 0 Å². The number of likely N-dealkylation sites (tertiary alicyclic amines) is 1. The summed E-state index contributed by atoms with van der Waals surface area (Å²) in [6.07, 6.45) is 8.80. The molecule has 3 aromatic rings. The molecule has 3 fully saturated rings. The lowest BCUT2D eigenvalue weighted by molar-refractivity contribution is -0.147. The van der Waals surface area contributed by atoms with Gasteiger partial charge in [0.15, 0.2) is 0 Å². The van der Waals surface area contributed by atoms with Gasteiger partial charge in [-0.3, -0.25) is 34.1 Å². The number of hydrogen-bond donors (Lipinski definition) is 1. The summed E-state index contributed by atoms with van der Waals surface area (Å²) in [4.78, 5) is 54.5. The number of nitrogens with zero attached hydrogens (tertiary/aromatic N) is 4. The summed E-state index contributed by atoms with van der Waals surface area (Å²) in [7, 11) is 1.66. The number of amides is 4. The smallest absolute Gasteiger partial charge is 0.259 e. The molecule has 0 spiro atoms. The Morgan fingerprint density at radius 3 is 2.57 bits per heavy atom. The molecule has 2 saturated heterocycles. The van der Waals surface area contributed by atoms with Gasteiger partial charge in [-0.1, -0.05) is 31.5 Å². The highest BCUT2D eigenvalue weighted by atomic mass is 16.5. The minimum Gasteiger partial charge on any atom is -0.372 e. The Labute approximate surface area is 244 Å². The summed E-state index contributed by atoms with van der Waals surface area (Å²) in [5.41, 5.74) is 2.86. The van der Waals surface area contributed by atoms with Crippen molar-refractivity contribution in [2.75, 3.05) is 25.1 Å². The van der Waals surface area contributed by atoms with E-state index >= 15 is 0 Å². The molecule has 1 aliphatic carbocycles. The van der Waals surface area contributed by atoms with Crippen LogP contribution in [0.5, 0.6) is 0 Å². The maximum absolute atomic E-state index is 13.5. The van der Waals surface area contributed by atoms with Crippen LogP contribution >= 0.6 is 0 Å². The van der Waals surface area contributed by atoms with Gasteiger partial charge in [-0.2, -0.15) is 5.10 Å². The van der Waals surface area contributed by atoms with Crippen molar-refractivity contribution >= 4 is 40.1 Å². The number of methoxy groups -OCH3 is 1. The van der Waals surface area contributed by atoms with Crippen molar-refractivity contribution < 1.29 is 23.9 Å². The zero-order chi connectivity index (χ0) is 29.2. The molecular weight excluding hydrogens is 534 g/mol. The molecule has 2 atom stereocenters. The number of rotatable bonds is 6. The van der Waals surface area contributed by atoms with Crippen molar-refractivity contribution in [3.8, 4) is 0 Å². The van der Waals surface area contributed by atoms with Crippen molar-refractivity contribution in [3.63, 3.8) is 0 Å². The predicted molar refractivity (Wildman–Crippen MR) is 155 cm³/mol. The van der Waals surface area contributed by atoms with Crippen LogP contribution in [0.25, 0.3) is 10.8 Å². The van der Waals surface area contributed by atoms with Crippen molar-refractivity contribution in [2.45, 2.75) is 70.1 Å². The number of carbonyl (C=O) groups excluding carboxylic acids is 4. The van der Waals surface area contributed by atoms with Crippen molar-refractivity contribution in [1.29, 1.82) is 0 Å². The van der Waals surface area contributed by atoms with Crippen LogP contribution < -0.4 is 10.2 Å². The summed E-state index contributed by atoms with van der Waals surface area (Å²) in [5, 5.41) is 8.75. The molecule has 1 saturated carbocycles. The molecule has 7 rings (SSSR count). The molecule has 10 nitrogen and oxygen atoms in total. The second-order valence-corrected chi connectivity index (χ2v) is 12.4. The zero-order valence-electron chi connectivity index (χ0n) is 24.0. The molecule has 2 unspecified atom stereocenters. The molecule has 0 bridgehead atoms. The summed E-state index contributed by atoms with van der Waals surface area (Å²) >= 11 is 0. The lowest BCUT2D eigenvalue weighted by atomic mass is 9.69. The van der Waals surface area contributed by atoms with Crippen LogP contribution in [-0.2, 0) is 19.1 Å². The third-order valence-corrected chi connectivity index (χ3v) is 9.82. The number of benzene rings is 2. The Bertz CT molecular complexity index is 1620. The minimum atomic E-state index is -0.730. The topological polar surface area (TPSA) is 114 Å². The molecule has 3 aliphatic heterocycles. The highest BCUT2D eigenvalue weighted by molar-refractivity contribution is 6.27. The standard InChI is InChI=1S/C32H35N5O5/c1-32(13-4-14-32)31(41)35-15-11-20(12-16-35)36-18-19(17-33-36)28(42-2)22-7-8-24-27-21(22)5-3-6-23(27)30(40)37(24)25-9-10-26(38)34-29(25)39/h3,5-8,17-18,20,25,28H,4,9-16H2,1-2H3,(H,34,38,39). The molecule has 2 aromatic carbocycles. The first-order chi connectivity index (χ1) is 20.3. The number of aromatic nitrogens is 2. The second-order valence-electron chi connectivity index (χ2n) is 12.4. The maximum atomic E-state index is 13.5. The number of ether oxygens (including phenoxy) is 1. The van der Waals surface area contributed by atoms with Crippen LogP contribution in [0.1, 0.15) is 85.5 Å². The number of imide groups is 1. The van der Waals surface area contributed by atoms with Crippen LogP contribution in [0.15, 0.2) is 42.7 Å². The van der Waals surface area contributed by atoms with E-state index in [0.29, 0.717) is 23.6 Å². The Hall–Kier alpha value is -4.05. The van der Waals surface area contributed by atoms with Gasteiger partial charge in [0.25, 0.3) is 5.91 Å². The molecule has 4 aliphatic rings. The van der Waals surface area contributed by atoms with Crippen LogP contribution in [-0.4, -0.2) is 64.6 Å². The van der Waals surface area contributed by atoms with E-state index in [2.05, 4.69) is 12.2 Å². The van der Waals surface area contributed by atoms with Gasteiger partial charge in [0, 0.05) is 54.7 Å². The van der Waals surface area contributed by atoms with Gasteiger partial charge in [-0.05, 0) is 55.2 Å². The Morgan fingerprint density at radius 1 is 1.10 bits per heavy atom. The van der Waals surface area contributed by atoms with Gasteiger partial charge in [-0.25, -0.2) is 0 Å². The number of carbonyl (C=O) groups is 4.